The first-order valence-corrected chi connectivity index (χ1v) is 4.80. The number of hydrogen-bond acceptors (Lipinski definition) is 3. The van der Waals surface area contributed by atoms with Gasteiger partial charge in [-0.25, -0.2) is 0 Å². The third-order valence-corrected chi connectivity index (χ3v) is 2.81. The molecule has 0 fully saturated rings. The summed E-state index contributed by atoms with van der Waals surface area (Å²) in [6, 6.07) is 0. The molecule has 15 heavy (non-hydrogen) atoms. The number of rotatable bonds is 4. The summed E-state index contributed by atoms with van der Waals surface area (Å²) < 4.78 is 16.2. The van der Waals surface area contributed by atoms with Crippen molar-refractivity contribution in [2.75, 3.05) is 21.3 Å². The van der Waals surface area contributed by atoms with Crippen LogP contribution in [-0.2, 0) is 14.2 Å². The molecule has 0 heterocycles. The fourth-order valence-electron chi connectivity index (χ4n) is 1.72. The molecule has 0 amide bonds. The van der Waals surface area contributed by atoms with Gasteiger partial charge in [-0.1, -0.05) is 0 Å². The van der Waals surface area contributed by atoms with Gasteiger partial charge in [-0.3, -0.25) is 0 Å². The molecule has 1 aliphatic rings. The topological polar surface area (TPSA) is 27.7 Å². The van der Waals surface area contributed by atoms with Crippen LogP contribution in [0, 0.1) is 0 Å². The third-order valence-electron chi connectivity index (χ3n) is 2.81. The van der Waals surface area contributed by atoms with Crippen LogP contribution in [-0.4, -0.2) is 46.4 Å². The molecule has 0 radical (unpaired) electrons. The molecule has 2 unspecified atom stereocenters. The van der Waals surface area contributed by atoms with Crippen LogP contribution in [0.2, 0.25) is 0 Å². The van der Waals surface area contributed by atoms with Crippen molar-refractivity contribution in [2.24, 2.45) is 0 Å². The minimum atomic E-state index is -0.573. The van der Waals surface area contributed by atoms with E-state index >= 15 is 0 Å². The number of ether oxygens (including phenoxy) is 3. The molecule has 0 saturated carbocycles. The maximum atomic E-state index is 5.48. The summed E-state index contributed by atoms with van der Waals surface area (Å²) in [6.07, 6.45) is 3.71. The van der Waals surface area contributed by atoms with Gasteiger partial charge < -0.3 is 0 Å². The summed E-state index contributed by atoms with van der Waals surface area (Å²) in [5.41, 5.74) is 0.406. The summed E-state index contributed by atoms with van der Waals surface area (Å²) in [4.78, 5) is 0. The zero-order valence-corrected chi connectivity index (χ0v) is 9.74. The number of hydrogen-bond donors (Lipinski definition) is 0. The predicted molar refractivity (Wildman–Crippen MR) is 62.3 cm³/mol. The van der Waals surface area contributed by atoms with Crippen LogP contribution in [0.5, 0.6) is 0 Å². The first-order valence-electron chi connectivity index (χ1n) is 4.80. The van der Waals surface area contributed by atoms with E-state index in [0.29, 0.717) is 0 Å². The van der Waals surface area contributed by atoms with Gasteiger partial charge in [-0.05, 0) is 0 Å². The van der Waals surface area contributed by atoms with Crippen molar-refractivity contribution in [3.05, 3.63) is 23.4 Å². The van der Waals surface area contributed by atoms with Crippen LogP contribution in [0.25, 0.3) is 0 Å². The van der Waals surface area contributed by atoms with Gasteiger partial charge in [0.1, 0.15) is 0 Å². The molecule has 0 aliphatic heterocycles. The van der Waals surface area contributed by atoms with E-state index in [-0.39, 0.29) is 6.10 Å². The molecule has 82 valence electrons. The second kappa shape index (κ2) is 4.77. The van der Waals surface area contributed by atoms with Gasteiger partial charge in [0.05, 0.1) is 0 Å². The van der Waals surface area contributed by atoms with E-state index in [1.807, 2.05) is 19.1 Å². The average molecular weight is 208 g/mol. The molecule has 3 nitrogen and oxygen atoms in total. The molecular formula is C11H17BO3. The summed E-state index contributed by atoms with van der Waals surface area (Å²) in [7, 11) is 4.92. The number of allylic oxidation sites excluding steroid dienone is 2. The van der Waals surface area contributed by atoms with E-state index in [0.717, 1.165) is 11.2 Å². The van der Waals surface area contributed by atoms with Gasteiger partial charge in [0.25, 0.3) is 0 Å². The van der Waals surface area contributed by atoms with Crippen LogP contribution < -0.4 is 0 Å². The zero-order chi connectivity index (χ0) is 11.5. The fraction of sp³-hybridized carbons (Fsp3) is 0.545. The van der Waals surface area contributed by atoms with Gasteiger partial charge in [-0.15, -0.1) is 0 Å². The molecule has 0 N–H and O–H groups in total. The van der Waals surface area contributed by atoms with Gasteiger partial charge >= 0.3 is 90.9 Å². The Bertz CT molecular complexity index is 309. The SMILES string of the molecule is C=BC1=CC(OC)C(C)(OC)C(OC)=C1. The summed E-state index contributed by atoms with van der Waals surface area (Å²) in [5.74, 6) is 0.745. The quantitative estimate of drug-likeness (QED) is 0.644. The Morgan fingerprint density at radius 1 is 1.40 bits per heavy atom. The number of methoxy groups -OCH3 is 3. The van der Waals surface area contributed by atoms with Crippen molar-refractivity contribution in [2.45, 2.75) is 18.6 Å². The summed E-state index contributed by atoms with van der Waals surface area (Å²) in [6.45, 7) is 7.43. The van der Waals surface area contributed by atoms with E-state index in [4.69, 9.17) is 14.2 Å². The van der Waals surface area contributed by atoms with Crippen molar-refractivity contribution in [1.82, 2.24) is 0 Å². The first kappa shape index (κ1) is 12.2. The molecule has 1 rings (SSSR count). The summed E-state index contributed by atoms with van der Waals surface area (Å²) >= 11 is 0. The normalized spacial score (nSPS) is 30.3. The minimum absolute atomic E-state index is 0.171. The standard InChI is InChI=1S/C11H17BO3/c1-11(15-5)9(13-3)6-8(12-2)7-10(11)14-4/h6-7,9H,2H2,1,3-5H3. The van der Waals surface area contributed by atoms with Crippen LogP contribution >= 0.6 is 0 Å². The Kier molecular flexibility index (Phi) is 3.88. The van der Waals surface area contributed by atoms with Gasteiger partial charge in [0, 0.05) is 0 Å². The Morgan fingerprint density at radius 2 is 2.07 bits per heavy atom. The van der Waals surface area contributed by atoms with E-state index in [1.165, 1.54) is 0 Å². The van der Waals surface area contributed by atoms with Gasteiger partial charge in [0.2, 0.25) is 0 Å². The van der Waals surface area contributed by atoms with E-state index in [1.54, 1.807) is 28.3 Å². The van der Waals surface area contributed by atoms with Crippen LogP contribution in [0.3, 0.4) is 0 Å². The molecular weight excluding hydrogens is 191 g/mol. The Balaban J connectivity index is 3.14. The Labute approximate surface area is 91.6 Å². The molecule has 0 bridgehead atoms. The predicted octanol–water partition coefficient (Wildman–Crippen LogP) is 0.970. The van der Waals surface area contributed by atoms with Crippen LogP contribution in [0.1, 0.15) is 6.92 Å². The fourth-order valence-corrected chi connectivity index (χ4v) is 1.72. The molecule has 2 atom stereocenters. The van der Waals surface area contributed by atoms with Crippen molar-refractivity contribution in [3.8, 4) is 0 Å². The van der Waals surface area contributed by atoms with E-state index in [2.05, 4.69) is 6.47 Å². The van der Waals surface area contributed by atoms with Crippen LogP contribution in [0.4, 0.5) is 0 Å². The second-order valence-electron chi connectivity index (χ2n) is 3.55. The van der Waals surface area contributed by atoms with Crippen molar-refractivity contribution >= 4 is 13.4 Å². The Morgan fingerprint density at radius 3 is 2.47 bits per heavy atom. The summed E-state index contributed by atoms with van der Waals surface area (Å²) in [5, 5.41) is 0. The van der Waals surface area contributed by atoms with Crippen molar-refractivity contribution < 1.29 is 14.2 Å². The Hall–Kier alpha value is -0.865. The molecule has 0 aromatic carbocycles. The molecule has 1 aliphatic carbocycles. The second-order valence-corrected chi connectivity index (χ2v) is 3.55. The zero-order valence-electron chi connectivity index (χ0n) is 9.74. The van der Waals surface area contributed by atoms with E-state index < -0.39 is 5.60 Å². The molecule has 0 aromatic rings. The monoisotopic (exact) mass is 208 g/mol. The van der Waals surface area contributed by atoms with E-state index in [9.17, 15) is 0 Å². The molecule has 0 aromatic heterocycles. The molecule has 0 saturated heterocycles. The van der Waals surface area contributed by atoms with Crippen molar-refractivity contribution in [1.29, 1.82) is 0 Å². The maximum absolute atomic E-state index is 5.48. The van der Waals surface area contributed by atoms with Gasteiger partial charge in [0.15, 0.2) is 0 Å². The van der Waals surface area contributed by atoms with Crippen molar-refractivity contribution in [3.63, 3.8) is 0 Å². The third kappa shape index (κ3) is 2.06. The molecule has 0 spiro atoms. The molecule has 4 heteroatoms. The van der Waals surface area contributed by atoms with Gasteiger partial charge in [-0.2, -0.15) is 0 Å². The first-order chi connectivity index (χ1) is 7.12. The van der Waals surface area contributed by atoms with Crippen LogP contribution in [0.15, 0.2) is 23.4 Å². The average Bonchev–Trinajstić information content (AvgIpc) is 2.29.